The van der Waals surface area contributed by atoms with Crippen molar-refractivity contribution in [1.29, 1.82) is 0 Å². The van der Waals surface area contributed by atoms with Gasteiger partial charge in [0.2, 0.25) is 5.91 Å². The molecule has 21 heavy (non-hydrogen) atoms. The maximum absolute atomic E-state index is 11.6. The van der Waals surface area contributed by atoms with Crippen molar-refractivity contribution >= 4 is 5.91 Å². The molecule has 4 heteroatoms. The summed E-state index contributed by atoms with van der Waals surface area (Å²) in [5, 5.41) is 0. The number of carbonyl (C=O) groups excluding carboxylic acids is 1. The second kappa shape index (κ2) is 7.59. The van der Waals surface area contributed by atoms with Gasteiger partial charge in [0.1, 0.15) is 0 Å². The molecule has 0 aromatic carbocycles. The van der Waals surface area contributed by atoms with Gasteiger partial charge in [-0.15, -0.1) is 0 Å². The molecule has 2 rings (SSSR count). The van der Waals surface area contributed by atoms with Gasteiger partial charge in [0.25, 0.3) is 0 Å². The number of carbonyl (C=O) groups is 1. The van der Waals surface area contributed by atoms with Crippen LogP contribution in [0.5, 0.6) is 0 Å². The number of nitrogens with two attached hydrogens (primary N) is 2. The summed E-state index contributed by atoms with van der Waals surface area (Å²) in [6, 6.07) is 0. The molecule has 0 bridgehead atoms. The first kappa shape index (κ1) is 16.8. The van der Waals surface area contributed by atoms with Gasteiger partial charge in [-0.25, -0.2) is 0 Å². The molecule has 122 valence electrons. The zero-order valence-electron chi connectivity index (χ0n) is 13.7. The lowest BCUT2D eigenvalue weighted by Gasteiger charge is -2.30. The zero-order chi connectivity index (χ0) is 15.3. The molecular weight excluding hydrogens is 262 g/mol. The largest absolute Gasteiger partial charge is 0.368 e. The van der Waals surface area contributed by atoms with Crippen molar-refractivity contribution in [3.05, 3.63) is 0 Å². The van der Waals surface area contributed by atoms with Gasteiger partial charge in [0.15, 0.2) is 0 Å². The van der Waals surface area contributed by atoms with Crippen molar-refractivity contribution in [1.82, 2.24) is 4.90 Å². The Hall–Kier alpha value is -0.610. The Labute approximate surface area is 129 Å². The monoisotopic (exact) mass is 295 g/mol. The number of likely N-dealkylation sites (tertiary alicyclic amines) is 1. The second-order valence-corrected chi connectivity index (χ2v) is 7.21. The molecule has 4 N–H and O–H groups in total. The third-order valence-electron chi connectivity index (χ3n) is 5.76. The number of primary amides is 1. The predicted molar refractivity (Wildman–Crippen MR) is 86.8 cm³/mol. The molecule has 0 aromatic rings. The number of hydrogen-bond donors (Lipinski definition) is 2. The van der Waals surface area contributed by atoms with Crippen LogP contribution in [0.4, 0.5) is 0 Å². The van der Waals surface area contributed by atoms with Gasteiger partial charge in [-0.1, -0.05) is 26.2 Å². The highest BCUT2D eigenvalue weighted by Gasteiger charge is 2.44. The molecule has 2 aliphatic rings. The molecule has 3 unspecified atom stereocenters. The SMILES string of the molecule is CCCC1CCCN(CCC2CCCC2(N)C(N)=O)CC1. The van der Waals surface area contributed by atoms with E-state index in [-0.39, 0.29) is 11.8 Å². The van der Waals surface area contributed by atoms with E-state index >= 15 is 0 Å². The molecule has 1 aliphatic carbocycles. The fourth-order valence-corrected chi connectivity index (χ4v) is 4.31. The third-order valence-corrected chi connectivity index (χ3v) is 5.76. The standard InChI is InChI=1S/C17H33N3O/c1-2-5-14-6-4-11-20(12-8-14)13-9-15-7-3-10-17(15,19)16(18)21/h14-15H,2-13,19H2,1H3,(H2,18,21). The first-order valence-corrected chi connectivity index (χ1v) is 8.87. The minimum absolute atomic E-state index is 0.282. The van der Waals surface area contributed by atoms with Gasteiger partial charge >= 0.3 is 0 Å². The van der Waals surface area contributed by atoms with Crippen LogP contribution in [0.2, 0.25) is 0 Å². The molecule has 1 saturated heterocycles. The molecule has 3 atom stereocenters. The average molecular weight is 295 g/mol. The van der Waals surface area contributed by atoms with Gasteiger partial charge in [0, 0.05) is 0 Å². The maximum atomic E-state index is 11.6. The predicted octanol–water partition coefficient (Wildman–Crippen LogP) is 2.26. The molecule has 1 amide bonds. The fraction of sp³-hybridized carbons (Fsp3) is 0.941. The highest BCUT2D eigenvalue weighted by molar-refractivity contribution is 5.85. The Balaban J connectivity index is 1.79. The van der Waals surface area contributed by atoms with Crippen LogP contribution in [0, 0.1) is 11.8 Å². The van der Waals surface area contributed by atoms with Crippen molar-refractivity contribution < 1.29 is 4.79 Å². The summed E-state index contributed by atoms with van der Waals surface area (Å²) in [5.74, 6) is 0.902. The molecule has 1 heterocycles. The minimum atomic E-state index is -0.739. The lowest BCUT2D eigenvalue weighted by atomic mass is 9.85. The van der Waals surface area contributed by atoms with E-state index in [0.29, 0.717) is 0 Å². The number of hydrogen-bond acceptors (Lipinski definition) is 3. The zero-order valence-corrected chi connectivity index (χ0v) is 13.7. The lowest BCUT2D eigenvalue weighted by molar-refractivity contribution is -0.124. The maximum Gasteiger partial charge on any atom is 0.237 e. The third kappa shape index (κ3) is 4.19. The van der Waals surface area contributed by atoms with Crippen molar-refractivity contribution in [2.24, 2.45) is 23.3 Å². The van der Waals surface area contributed by atoms with Gasteiger partial charge in [0.05, 0.1) is 5.54 Å². The molecule has 4 nitrogen and oxygen atoms in total. The van der Waals surface area contributed by atoms with E-state index in [2.05, 4.69) is 11.8 Å². The van der Waals surface area contributed by atoms with Crippen molar-refractivity contribution in [3.63, 3.8) is 0 Å². The summed E-state index contributed by atoms with van der Waals surface area (Å²) >= 11 is 0. The van der Waals surface area contributed by atoms with E-state index in [9.17, 15) is 4.79 Å². The molecule has 1 aliphatic heterocycles. The fourth-order valence-electron chi connectivity index (χ4n) is 4.31. The summed E-state index contributed by atoms with van der Waals surface area (Å²) in [4.78, 5) is 14.2. The minimum Gasteiger partial charge on any atom is -0.368 e. The van der Waals surface area contributed by atoms with Crippen LogP contribution in [-0.2, 0) is 4.79 Å². The quantitative estimate of drug-likeness (QED) is 0.789. The van der Waals surface area contributed by atoms with Crippen LogP contribution >= 0.6 is 0 Å². The molecule has 0 aromatic heterocycles. The van der Waals surface area contributed by atoms with E-state index < -0.39 is 5.54 Å². The van der Waals surface area contributed by atoms with Crippen LogP contribution in [0.3, 0.4) is 0 Å². The normalized spacial score (nSPS) is 34.8. The van der Waals surface area contributed by atoms with Crippen molar-refractivity contribution in [2.45, 2.75) is 70.3 Å². The average Bonchev–Trinajstić information content (AvgIpc) is 2.69. The first-order chi connectivity index (χ1) is 10.1. The van der Waals surface area contributed by atoms with E-state index in [1.165, 1.54) is 45.2 Å². The van der Waals surface area contributed by atoms with Crippen LogP contribution in [0.1, 0.15) is 64.7 Å². The molecule has 0 radical (unpaired) electrons. The Morgan fingerprint density at radius 2 is 2.00 bits per heavy atom. The van der Waals surface area contributed by atoms with Gasteiger partial charge in [-0.05, 0) is 70.0 Å². The molecule has 0 spiro atoms. The highest BCUT2D eigenvalue weighted by atomic mass is 16.1. The summed E-state index contributed by atoms with van der Waals surface area (Å²) < 4.78 is 0. The number of amides is 1. The van der Waals surface area contributed by atoms with Gasteiger partial charge < -0.3 is 16.4 Å². The Bertz CT molecular complexity index is 347. The Morgan fingerprint density at radius 3 is 2.71 bits per heavy atom. The summed E-state index contributed by atoms with van der Waals surface area (Å²) in [5.41, 5.74) is 11.1. The topological polar surface area (TPSA) is 72.3 Å². The first-order valence-electron chi connectivity index (χ1n) is 8.87. The number of rotatable bonds is 6. The van der Waals surface area contributed by atoms with Crippen LogP contribution in [-0.4, -0.2) is 36.0 Å². The van der Waals surface area contributed by atoms with Crippen LogP contribution in [0.25, 0.3) is 0 Å². The van der Waals surface area contributed by atoms with Crippen LogP contribution < -0.4 is 11.5 Å². The molecule has 2 fully saturated rings. The number of nitrogens with zero attached hydrogens (tertiary/aromatic N) is 1. The Kier molecular flexibility index (Phi) is 6.06. The summed E-state index contributed by atoms with van der Waals surface area (Å²) in [7, 11) is 0. The van der Waals surface area contributed by atoms with E-state index in [1.807, 2.05) is 0 Å². The second-order valence-electron chi connectivity index (χ2n) is 7.21. The summed E-state index contributed by atoms with van der Waals surface area (Å²) in [6.45, 7) is 5.79. The smallest absolute Gasteiger partial charge is 0.237 e. The molecule has 1 saturated carbocycles. The van der Waals surface area contributed by atoms with Crippen molar-refractivity contribution in [3.8, 4) is 0 Å². The van der Waals surface area contributed by atoms with Crippen molar-refractivity contribution in [2.75, 3.05) is 19.6 Å². The Morgan fingerprint density at radius 1 is 1.19 bits per heavy atom. The van der Waals surface area contributed by atoms with E-state index in [0.717, 1.165) is 38.1 Å². The van der Waals surface area contributed by atoms with Crippen LogP contribution in [0.15, 0.2) is 0 Å². The lowest BCUT2D eigenvalue weighted by Crippen LogP contribution is -2.55. The van der Waals surface area contributed by atoms with Gasteiger partial charge in [-0.2, -0.15) is 0 Å². The molecular formula is C17H33N3O. The summed E-state index contributed by atoms with van der Waals surface area (Å²) in [6.07, 6.45) is 10.6. The van der Waals surface area contributed by atoms with E-state index in [4.69, 9.17) is 11.5 Å². The van der Waals surface area contributed by atoms with Gasteiger partial charge in [-0.3, -0.25) is 4.79 Å². The highest BCUT2D eigenvalue weighted by Crippen LogP contribution is 2.36. The van der Waals surface area contributed by atoms with E-state index in [1.54, 1.807) is 0 Å².